The second-order valence-corrected chi connectivity index (χ2v) is 3.92. The van der Waals surface area contributed by atoms with Crippen LogP contribution in [0.5, 0.6) is 0 Å². The zero-order valence-electron chi connectivity index (χ0n) is 9.81. The van der Waals surface area contributed by atoms with Gasteiger partial charge in [-0.3, -0.25) is 15.0 Å². The van der Waals surface area contributed by atoms with Gasteiger partial charge in [0.15, 0.2) is 0 Å². The summed E-state index contributed by atoms with van der Waals surface area (Å²) < 4.78 is 0. The molecule has 0 saturated carbocycles. The summed E-state index contributed by atoms with van der Waals surface area (Å²) in [6, 6.07) is 1.92. The fourth-order valence-electron chi connectivity index (χ4n) is 1.37. The Bertz CT molecular complexity index is 399. The largest absolute Gasteiger partial charge is 0.295 e. The smallest absolute Gasteiger partial charge is 0.0932 e. The lowest BCUT2D eigenvalue weighted by atomic mass is 10.1. The monoisotopic (exact) mass is 237 g/mol. The van der Waals surface area contributed by atoms with Gasteiger partial charge in [0.05, 0.1) is 16.8 Å². The van der Waals surface area contributed by atoms with Gasteiger partial charge in [-0.15, -0.1) is 0 Å². The molecule has 1 rings (SSSR count). The van der Waals surface area contributed by atoms with Crippen molar-refractivity contribution >= 4 is 24.0 Å². The number of rotatable bonds is 4. The minimum atomic E-state index is 0.00565. The van der Waals surface area contributed by atoms with Crippen LogP contribution in [0.1, 0.15) is 30.6 Å². The van der Waals surface area contributed by atoms with Crippen LogP contribution in [0.15, 0.2) is 22.2 Å². The zero-order valence-corrected chi connectivity index (χ0v) is 10.6. The average molecular weight is 238 g/mol. The average Bonchev–Trinajstić information content (AvgIpc) is 2.26. The van der Waals surface area contributed by atoms with Crippen LogP contribution in [0.2, 0.25) is 5.02 Å². The van der Waals surface area contributed by atoms with E-state index in [1.54, 1.807) is 19.5 Å². The van der Waals surface area contributed by atoms with E-state index in [1.807, 2.05) is 19.2 Å². The Hall–Kier alpha value is -1.22. The van der Waals surface area contributed by atoms with E-state index < -0.39 is 0 Å². The number of nitrogens with zero attached hydrogens (tertiary/aromatic N) is 3. The summed E-state index contributed by atoms with van der Waals surface area (Å²) >= 11 is 6.15. The molecule has 0 fully saturated rings. The summed E-state index contributed by atoms with van der Waals surface area (Å²) in [6.45, 7) is 4.03. The first kappa shape index (κ1) is 12.8. The lowest BCUT2D eigenvalue weighted by Crippen LogP contribution is -2.00. The third-order valence-corrected chi connectivity index (χ3v) is 2.49. The van der Waals surface area contributed by atoms with E-state index in [-0.39, 0.29) is 6.04 Å². The standard InChI is InChI=1S/C12H16ClN3/c1-4-11(15-6-5-14-3)12-10(13)7-9(2)8-16-12/h5-8,11H,4H2,1-3H3. The molecule has 1 aromatic rings. The van der Waals surface area contributed by atoms with E-state index in [0.717, 1.165) is 17.7 Å². The van der Waals surface area contributed by atoms with Crippen LogP contribution < -0.4 is 0 Å². The van der Waals surface area contributed by atoms with Crippen molar-refractivity contribution in [2.24, 2.45) is 9.98 Å². The Morgan fingerprint density at radius 2 is 2.25 bits per heavy atom. The molecule has 0 aliphatic rings. The van der Waals surface area contributed by atoms with Crippen molar-refractivity contribution in [1.82, 2.24) is 4.98 Å². The SMILES string of the molecule is CCC(N=CC=NC)c1ncc(C)cc1Cl. The summed E-state index contributed by atoms with van der Waals surface area (Å²) in [5.74, 6) is 0. The van der Waals surface area contributed by atoms with Gasteiger partial charge in [-0.25, -0.2) is 0 Å². The molecule has 0 saturated heterocycles. The highest BCUT2D eigenvalue weighted by Gasteiger charge is 2.12. The van der Waals surface area contributed by atoms with E-state index in [9.17, 15) is 0 Å². The molecule has 0 aliphatic heterocycles. The Morgan fingerprint density at radius 3 is 2.81 bits per heavy atom. The maximum absolute atomic E-state index is 6.15. The fraction of sp³-hybridized carbons (Fsp3) is 0.417. The number of pyridine rings is 1. The molecule has 0 radical (unpaired) electrons. The van der Waals surface area contributed by atoms with Crippen LogP contribution >= 0.6 is 11.6 Å². The highest BCUT2D eigenvalue weighted by molar-refractivity contribution is 6.31. The van der Waals surface area contributed by atoms with Crippen LogP contribution in [0.4, 0.5) is 0 Å². The molecule has 0 amide bonds. The van der Waals surface area contributed by atoms with E-state index in [1.165, 1.54) is 0 Å². The van der Waals surface area contributed by atoms with Gasteiger partial charge in [0, 0.05) is 25.7 Å². The quantitative estimate of drug-likeness (QED) is 0.741. The Kier molecular flexibility index (Phi) is 5.12. The van der Waals surface area contributed by atoms with Gasteiger partial charge in [0.25, 0.3) is 0 Å². The van der Waals surface area contributed by atoms with E-state index >= 15 is 0 Å². The van der Waals surface area contributed by atoms with Gasteiger partial charge in [-0.1, -0.05) is 18.5 Å². The molecule has 1 heterocycles. The lowest BCUT2D eigenvalue weighted by Gasteiger charge is -2.10. The minimum Gasteiger partial charge on any atom is -0.295 e. The van der Waals surface area contributed by atoms with Crippen molar-refractivity contribution in [3.05, 3.63) is 28.5 Å². The number of halogens is 1. The minimum absolute atomic E-state index is 0.00565. The first-order chi connectivity index (χ1) is 7.69. The van der Waals surface area contributed by atoms with Crippen LogP contribution in [0.25, 0.3) is 0 Å². The molecule has 0 aliphatic carbocycles. The van der Waals surface area contributed by atoms with Crippen LogP contribution in [0.3, 0.4) is 0 Å². The molecule has 0 N–H and O–H groups in total. The first-order valence-corrected chi connectivity index (χ1v) is 5.62. The Balaban J connectivity index is 2.95. The van der Waals surface area contributed by atoms with Crippen molar-refractivity contribution in [2.45, 2.75) is 26.3 Å². The first-order valence-electron chi connectivity index (χ1n) is 5.25. The summed E-state index contributed by atoms with van der Waals surface area (Å²) in [6.07, 6.45) is 6.02. The summed E-state index contributed by atoms with van der Waals surface area (Å²) in [7, 11) is 1.71. The highest BCUT2D eigenvalue weighted by Crippen LogP contribution is 2.26. The normalized spacial score (nSPS) is 13.8. The number of hydrogen-bond donors (Lipinski definition) is 0. The van der Waals surface area contributed by atoms with Crippen LogP contribution in [0, 0.1) is 6.92 Å². The van der Waals surface area contributed by atoms with E-state index in [0.29, 0.717) is 5.02 Å². The van der Waals surface area contributed by atoms with Crippen molar-refractivity contribution in [1.29, 1.82) is 0 Å². The molecule has 4 heteroatoms. The van der Waals surface area contributed by atoms with Gasteiger partial charge >= 0.3 is 0 Å². The predicted molar refractivity (Wildman–Crippen MR) is 69.9 cm³/mol. The van der Waals surface area contributed by atoms with Gasteiger partial charge in [-0.2, -0.15) is 0 Å². The van der Waals surface area contributed by atoms with E-state index in [4.69, 9.17) is 11.6 Å². The Morgan fingerprint density at radius 1 is 1.50 bits per heavy atom. The lowest BCUT2D eigenvalue weighted by molar-refractivity contribution is 0.682. The van der Waals surface area contributed by atoms with Crippen molar-refractivity contribution < 1.29 is 0 Å². The molecule has 86 valence electrons. The summed E-state index contributed by atoms with van der Waals surface area (Å²) in [4.78, 5) is 12.6. The summed E-state index contributed by atoms with van der Waals surface area (Å²) in [5, 5.41) is 0.678. The summed E-state index contributed by atoms with van der Waals surface area (Å²) in [5.41, 5.74) is 1.89. The number of aromatic nitrogens is 1. The zero-order chi connectivity index (χ0) is 12.0. The molecule has 1 unspecified atom stereocenters. The van der Waals surface area contributed by atoms with Gasteiger partial charge in [0.2, 0.25) is 0 Å². The third kappa shape index (κ3) is 3.42. The van der Waals surface area contributed by atoms with Gasteiger partial charge in [0.1, 0.15) is 0 Å². The number of aliphatic imine (C=N–C) groups is 2. The molecule has 0 spiro atoms. The fourth-order valence-corrected chi connectivity index (χ4v) is 1.71. The molecule has 16 heavy (non-hydrogen) atoms. The molecular weight excluding hydrogens is 222 g/mol. The van der Waals surface area contributed by atoms with Gasteiger partial charge in [-0.05, 0) is 25.0 Å². The highest BCUT2D eigenvalue weighted by atomic mass is 35.5. The number of hydrogen-bond acceptors (Lipinski definition) is 3. The molecule has 1 atom stereocenters. The molecule has 0 bridgehead atoms. The maximum atomic E-state index is 6.15. The van der Waals surface area contributed by atoms with Crippen molar-refractivity contribution in [2.75, 3.05) is 7.05 Å². The van der Waals surface area contributed by atoms with Crippen molar-refractivity contribution in [3.63, 3.8) is 0 Å². The van der Waals surface area contributed by atoms with Gasteiger partial charge < -0.3 is 0 Å². The second-order valence-electron chi connectivity index (χ2n) is 3.51. The molecular formula is C12H16ClN3. The van der Waals surface area contributed by atoms with Crippen molar-refractivity contribution in [3.8, 4) is 0 Å². The topological polar surface area (TPSA) is 37.6 Å². The predicted octanol–water partition coefficient (Wildman–Crippen LogP) is 3.27. The maximum Gasteiger partial charge on any atom is 0.0932 e. The van der Waals surface area contributed by atoms with E-state index in [2.05, 4.69) is 21.9 Å². The Labute approximate surface area is 101 Å². The number of aryl methyl sites for hydroxylation is 1. The third-order valence-electron chi connectivity index (χ3n) is 2.19. The second kappa shape index (κ2) is 6.38. The van der Waals surface area contributed by atoms with Crippen LogP contribution in [-0.2, 0) is 0 Å². The van der Waals surface area contributed by atoms with Crippen LogP contribution in [-0.4, -0.2) is 24.5 Å². The molecule has 1 aromatic heterocycles. The molecule has 3 nitrogen and oxygen atoms in total. The molecule has 0 aromatic carbocycles.